The fourth-order valence-corrected chi connectivity index (χ4v) is 4.03. The zero-order chi connectivity index (χ0) is 21.7. The molecule has 0 aliphatic heterocycles. The number of rotatable bonds is 4. The van der Waals surface area contributed by atoms with Crippen LogP contribution in [0.4, 0.5) is 0 Å². The lowest BCUT2D eigenvalue weighted by molar-refractivity contribution is 0.306. The quantitative estimate of drug-likeness (QED) is 0.388. The molecule has 1 aliphatic rings. The molecule has 3 aromatic rings. The molecule has 1 aliphatic carbocycles. The first-order chi connectivity index (χ1) is 14.5. The van der Waals surface area contributed by atoms with E-state index in [4.69, 9.17) is 27.9 Å². The molecular formula is C26H24Cl2OS. The summed E-state index contributed by atoms with van der Waals surface area (Å²) in [7, 11) is 0. The number of hydrogen-bond acceptors (Lipinski definition) is 2. The molecule has 0 unspecified atom stereocenters. The molecule has 4 heteroatoms. The van der Waals surface area contributed by atoms with E-state index in [-0.39, 0.29) is 0 Å². The van der Waals surface area contributed by atoms with Crippen molar-refractivity contribution in [3.05, 3.63) is 105 Å². The van der Waals surface area contributed by atoms with Gasteiger partial charge in [0.15, 0.2) is 0 Å². The summed E-state index contributed by atoms with van der Waals surface area (Å²) < 4.78 is 5.97. The summed E-state index contributed by atoms with van der Waals surface area (Å²) in [5.41, 5.74) is 6.65. The Morgan fingerprint density at radius 1 is 0.967 bits per heavy atom. The maximum Gasteiger partial charge on any atom is 0.120 e. The second kappa shape index (κ2) is 10.3. The third kappa shape index (κ3) is 5.51. The van der Waals surface area contributed by atoms with Crippen molar-refractivity contribution in [1.29, 1.82) is 0 Å². The minimum Gasteiger partial charge on any atom is -0.489 e. The molecule has 0 amide bonds. The number of thiol groups is 1. The Morgan fingerprint density at radius 2 is 1.63 bits per heavy atom. The van der Waals surface area contributed by atoms with Gasteiger partial charge in [-0.15, -0.1) is 12.6 Å². The lowest BCUT2D eigenvalue weighted by atomic mass is 10.0. The van der Waals surface area contributed by atoms with Crippen LogP contribution in [0.3, 0.4) is 0 Å². The van der Waals surface area contributed by atoms with E-state index in [0.717, 1.165) is 44.9 Å². The molecule has 30 heavy (non-hydrogen) atoms. The van der Waals surface area contributed by atoms with Gasteiger partial charge < -0.3 is 4.74 Å². The Bertz CT molecular complexity index is 1060. The summed E-state index contributed by atoms with van der Waals surface area (Å²) in [6, 6.07) is 19.7. The van der Waals surface area contributed by atoms with E-state index in [1.807, 2.05) is 56.3 Å². The molecule has 0 saturated heterocycles. The van der Waals surface area contributed by atoms with Crippen LogP contribution in [0.15, 0.2) is 77.7 Å². The van der Waals surface area contributed by atoms with E-state index in [2.05, 4.69) is 37.4 Å². The summed E-state index contributed by atoms with van der Waals surface area (Å²) in [6.45, 7) is 8.79. The fourth-order valence-electron chi connectivity index (χ4n) is 3.34. The molecule has 0 saturated carbocycles. The second-order valence-corrected chi connectivity index (χ2v) is 8.19. The highest BCUT2D eigenvalue weighted by atomic mass is 35.5. The van der Waals surface area contributed by atoms with Crippen LogP contribution in [-0.4, -0.2) is 0 Å². The van der Waals surface area contributed by atoms with Crippen LogP contribution in [0.1, 0.15) is 36.1 Å². The molecule has 154 valence electrons. The van der Waals surface area contributed by atoms with Crippen molar-refractivity contribution in [2.75, 3.05) is 0 Å². The fraction of sp³-hybridized carbons (Fsp3) is 0.154. The monoisotopic (exact) mass is 454 g/mol. The molecule has 0 heterocycles. The Balaban J connectivity index is 0.00000124. The van der Waals surface area contributed by atoms with E-state index >= 15 is 0 Å². The minimum atomic E-state index is 0.525. The van der Waals surface area contributed by atoms with Crippen LogP contribution in [0, 0.1) is 0 Å². The Morgan fingerprint density at radius 3 is 2.30 bits per heavy atom. The smallest absolute Gasteiger partial charge is 0.120 e. The van der Waals surface area contributed by atoms with Crippen molar-refractivity contribution in [2.24, 2.45) is 0 Å². The Hall–Kier alpha value is -2.13. The predicted octanol–water partition coefficient (Wildman–Crippen LogP) is 8.54. The van der Waals surface area contributed by atoms with Gasteiger partial charge in [0.05, 0.1) is 0 Å². The van der Waals surface area contributed by atoms with Gasteiger partial charge in [-0.05, 0) is 82.3 Å². The largest absolute Gasteiger partial charge is 0.489 e. The average Bonchev–Trinajstić information content (AvgIpc) is 3.03. The Kier molecular flexibility index (Phi) is 7.71. The van der Waals surface area contributed by atoms with E-state index in [9.17, 15) is 0 Å². The van der Waals surface area contributed by atoms with Crippen molar-refractivity contribution in [3.63, 3.8) is 0 Å². The van der Waals surface area contributed by atoms with Crippen LogP contribution in [0.2, 0.25) is 10.0 Å². The van der Waals surface area contributed by atoms with Crippen LogP contribution in [0.5, 0.6) is 5.75 Å². The van der Waals surface area contributed by atoms with Crippen molar-refractivity contribution < 1.29 is 4.74 Å². The molecule has 0 fully saturated rings. The predicted molar refractivity (Wildman–Crippen MR) is 133 cm³/mol. The third-order valence-electron chi connectivity index (χ3n) is 4.74. The van der Waals surface area contributed by atoms with Gasteiger partial charge in [0.1, 0.15) is 12.4 Å². The maximum absolute atomic E-state index is 6.12. The lowest BCUT2D eigenvalue weighted by Crippen LogP contribution is -1.96. The van der Waals surface area contributed by atoms with Gasteiger partial charge in [-0.2, -0.15) is 0 Å². The molecular weight excluding hydrogens is 431 g/mol. The highest BCUT2D eigenvalue weighted by Gasteiger charge is 2.20. The van der Waals surface area contributed by atoms with Crippen LogP contribution in [-0.2, 0) is 13.0 Å². The molecule has 3 aromatic carbocycles. The number of benzene rings is 3. The number of fused-ring (bicyclic) bond motifs is 1. The summed E-state index contributed by atoms with van der Waals surface area (Å²) in [4.78, 5) is 0.945. The first-order valence-corrected chi connectivity index (χ1v) is 11.1. The standard InChI is InChI=1S/C24H18Cl2OS.C2H6/c1-15-18(8-17-9-20(25)13-21(26)10-17)11-19-12-22(4-7-24(15)19)27-14-16-2-5-23(28)6-3-16;1-2/h2-10,12-13,28H,1,11,14H2;1-2H3/b18-8+;. The molecule has 0 aromatic heterocycles. The van der Waals surface area contributed by atoms with E-state index in [1.165, 1.54) is 5.56 Å². The van der Waals surface area contributed by atoms with Crippen molar-refractivity contribution in [1.82, 2.24) is 0 Å². The normalized spacial score (nSPS) is 13.6. The summed E-state index contributed by atoms with van der Waals surface area (Å²) in [6.07, 6.45) is 2.91. The SMILES string of the molecule is C=C1/C(=C/c2cc(Cl)cc(Cl)c2)Cc2cc(OCc3ccc(S)cc3)ccc21.CC. The van der Waals surface area contributed by atoms with Gasteiger partial charge in [-0.25, -0.2) is 0 Å². The minimum absolute atomic E-state index is 0.525. The molecule has 0 spiro atoms. The van der Waals surface area contributed by atoms with Gasteiger partial charge >= 0.3 is 0 Å². The lowest BCUT2D eigenvalue weighted by Gasteiger charge is -2.08. The third-order valence-corrected chi connectivity index (χ3v) is 5.47. The average molecular weight is 455 g/mol. The molecule has 0 atom stereocenters. The summed E-state index contributed by atoms with van der Waals surface area (Å²) in [5, 5.41) is 1.25. The molecule has 0 radical (unpaired) electrons. The number of halogens is 2. The van der Waals surface area contributed by atoms with Gasteiger partial charge in [0.25, 0.3) is 0 Å². The number of allylic oxidation sites excluding steroid dienone is 2. The Labute approximate surface area is 194 Å². The summed E-state index contributed by atoms with van der Waals surface area (Å²) in [5.74, 6) is 0.855. The second-order valence-electron chi connectivity index (χ2n) is 6.80. The number of hydrogen-bond donors (Lipinski definition) is 1. The summed E-state index contributed by atoms with van der Waals surface area (Å²) >= 11 is 16.5. The van der Waals surface area contributed by atoms with Crippen LogP contribution < -0.4 is 4.74 Å². The highest BCUT2D eigenvalue weighted by Crippen LogP contribution is 2.38. The topological polar surface area (TPSA) is 9.23 Å². The highest BCUT2D eigenvalue weighted by molar-refractivity contribution is 7.80. The molecule has 0 N–H and O–H groups in total. The molecule has 4 rings (SSSR count). The van der Waals surface area contributed by atoms with Crippen molar-refractivity contribution in [3.8, 4) is 5.75 Å². The van der Waals surface area contributed by atoms with E-state index in [1.54, 1.807) is 6.07 Å². The first kappa shape index (κ1) is 22.6. The number of ether oxygens (including phenoxy) is 1. The maximum atomic E-state index is 6.12. The first-order valence-electron chi connectivity index (χ1n) is 9.88. The van der Waals surface area contributed by atoms with E-state index in [0.29, 0.717) is 16.7 Å². The van der Waals surface area contributed by atoms with Gasteiger partial charge in [0, 0.05) is 14.9 Å². The van der Waals surface area contributed by atoms with Gasteiger partial charge in [-0.3, -0.25) is 0 Å². The molecule has 0 bridgehead atoms. The van der Waals surface area contributed by atoms with Gasteiger partial charge in [0.2, 0.25) is 0 Å². The van der Waals surface area contributed by atoms with Crippen LogP contribution in [0.25, 0.3) is 11.6 Å². The zero-order valence-electron chi connectivity index (χ0n) is 17.1. The van der Waals surface area contributed by atoms with Gasteiger partial charge in [-0.1, -0.05) is 67.9 Å². The van der Waals surface area contributed by atoms with E-state index < -0.39 is 0 Å². The van der Waals surface area contributed by atoms with Crippen molar-refractivity contribution in [2.45, 2.75) is 31.8 Å². The zero-order valence-corrected chi connectivity index (χ0v) is 19.5. The van der Waals surface area contributed by atoms with Crippen molar-refractivity contribution >= 4 is 47.5 Å². The van der Waals surface area contributed by atoms with Crippen LogP contribution >= 0.6 is 35.8 Å². The molecule has 1 nitrogen and oxygen atoms in total.